The molecule has 2 rings (SSSR count). The van der Waals surface area contributed by atoms with Crippen LogP contribution < -0.4 is 0 Å². The number of carbonyl (C=O) groups is 1. The first kappa shape index (κ1) is 14.3. The van der Waals surface area contributed by atoms with Crippen molar-refractivity contribution in [3.05, 3.63) is 41.2 Å². The zero-order valence-electron chi connectivity index (χ0n) is 12.2. The molecular formula is C16H20N2O2. The number of carboxylic acid groups (broad SMARTS) is 1. The highest BCUT2D eigenvalue weighted by molar-refractivity contribution is 5.72. The summed E-state index contributed by atoms with van der Waals surface area (Å²) in [6, 6.07) is 7.70. The number of aromatic nitrogens is 2. The predicted molar refractivity (Wildman–Crippen MR) is 78.8 cm³/mol. The van der Waals surface area contributed by atoms with Crippen molar-refractivity contribution in [2.45, 2.75) is 40.2 Å². The maximum absolute atomic E-state index is 10.7. The fraction of sp³-hybridized carbons (Fsp3) is 0.375. The first-order chi connectivity index (χ1) is 9.52. The molecule has 106 valence electrons. The minimum atomic E-state index is -0.805. The van der Waals surface area contributed by atoms with Crippen LogP contribution >= 0.6 is 0 Å². The van der Waals surface area contributed by atoms with Gasteiger partial charge in [0, 0.05) is 17.8 Å². The highest BCUT2D eigenvalue weighted by Crippen LogP contribution is 2.27. The quantitative estimate of drug-likeness (QED) is 0.909. The molecular weight excluding hydrogens is 252 g/mol. The van der Waals surface area contributed by atoms with Gasteiger partial charge in [0.15, 0.2) is 0 Å². The van der Waals surface area contributed by atoms with E-state index < -0.39 is 5.97 Å². The fourth-order valence-corrected chi connectivity index (χ4v) is 2.51. The van der Waals surface area contributed by atoms with Crippen molar-refractivity contribution in [3.8, 4) is 11.1 Å². The van der Waals surface area contributed by atoms with Crippen LogP contribution in [0.5, 0.6) is 0 Å². The molecule has 1 N–H and O–H groups in total. The Kier molecular flexibility index (Phi) is 4.23. The summed E-state index contributed by atoms with van der Waals surface area (Å²) in [4.78, 5) is 10.7. The number of aliphatic carboxylic acids is 1. The van der Waals surface area contributed by atoms with Crippen LogP contribution in [0.15, 0.2) is 24.3 Å². The smallest absolute Gasteiger partial charge is 0.307 e. The van der Waals surface area contributed by atoms with Gasteiger partial charge in [-0.25, -0.2) is 0 Å². The summed E-state index contributed by atoms with van der Waals surface area (Å²) >= 11 is 0. The van der Waals surface area contributed by atoms with Crippen molar-refractivity contribution in [1.29, 1.82) is 0 Å². The van der Waals surface area contributed by atoms with Crippen molar-refractivity contribution >= 4 is 5.97 Å². The van der Waals surface area contributed by atoms with E-state index in [2.05, 4.69) is 18.9 Å². The normalized spacial score (nSPS) is 10.8. The van der Waals surface area contributed by atoms with Crippen molar-refractivity contribution in [2.75, 3.05) is 0 Å². The number of carboxylic acids is 1. The molecule has 4 nitrogen and oxygen atoms in total. The van der Waals surface area contributed by atoms with Gasteiger partial charge in [-0.3, -0.25) is 9.48 Å². The van der Waals surface area contributed by atoms with E-state index in [-0.39, 0.29) is 6.42 Å². The molecule has 0 atom stereocenters. The van der Waals surface area contributed by atoms with E-state index in [1.54, 1.807) is 0 Å². The number of nitrogens with zero attached hydrogens (tertiary/aromatic N) is 2. The zero-order valence-corrected chi connectivity index (χ0v) is 12.2. The predicted octanol–water partition coefficient (Wildman–Crippen LogP) is 3.20. The maximum atomic E-state index is 10.7. The average molecular weight is 272 g/mol. The molecule has 0 unspecified atom stereocenters. The monoisotopic (exact) mass is 272 g/mol. The van der Waals surface area contributed by atoms with Crippen molar-refractivity contribution in [1.82, 2.24) is 9.78 Å². The first-order valence-electron chi connectivity index (χ1n) is 6.88. The Morgan fingerprint density at radius 2 is 1.90 bits per heavy atom. The summed E-state index contributed by atoms with van der Waals surface area (Å²) in [7, 11) is 0. The standard InChI is InChI=1S/C16H20N2O2/c1-4-9-18-12(3)16(11(2)17-18)14-7-5-13(6-8-14)10-15(19)20/h5-8H,4,9-10H2,1-3H3,(H,19,20). The van der Waals surface area contributed by atoms with Crippen LogP contribution in [0.4, 0.5) is 0 Å². The highest BCUT2D eigenvalue weighted by Gasteiger charge is 2.13. The van der Waals surface area contributed by atoms with Crippen LogP contribution in [-0.4, -0.2) is 20.9 Å². The molecule has 0 radical (unpaired) electrons. The number of benzene rings is 1. The third-order valence-electron chi connectivity index (χ3n) is 3.41. The van der Waals surface area contributed by atoms with Gasteiger partial charge in [0.2, 0.25) is 0 Å². The molecule has 4 heteroatoms. The van der Waals surface area contributed by atoms with Gasteiger partial charge in [0.1, 0.15) is 0 Å². The van der Waals surface area contributed by atoms with Gasteiger partial charge in [-0.1, -0.05) is 31.2 Å². The number of aryl methyl sites for hydroxylation is 2. The van der Waals surface area contributed by atoms with Crippen LogP contribution in [0.3, 0.4) is 0 Å². The molecule has 0 fully saturated rings. The Hall–Kier alpha value is -2.10. The lowest BCUT2D eigenvalue weighted by Crippen LogP contribution is -2.01. The Bertz CT molecular complexity index is 612. The largest absolute Gasteiger partial charge is 0.481 e. The van der Waals surface area contributed by atoms with Crippen molar-refractivity contribution in [2.24, 2.45) is 0 Å². The lowest BCUT2D eigenvalue weighted by molar-refractivity contribution is -0.136. The van der Waals surface area contributed by atoms with E-state index in [9.17, 15) is 4.79 Å². The molecule has 0 bridgehead atoms. The van der Waals surface area contributed by atoms with E-state index >= 15 is 0 Å². The second-order valence-corrected chi connectivity index (χ2v) is 5.04. The maximum Gasteiger partial charge on any atom is 0.307 e. The van der Waals surface area contributed by atoms with Crippen LogP contribution in [0.1, 0.15) is 30.3 Å². The summed E-state index contributed by atoms with van der Waals surface area (Å²) < 4.78 is 2.04. The lowest BCUT2D eigenvalue weighted by Gasteiger charge is -2.05. The van der Waals surface area contributed by atoms with Gasteiger partial charge < -0.3 is 5.11 Å². The molecule has 2 aromatic rings. The lowest BCUT2D eigenvalue weighted by atomic mass is 10.0. The van der Waals surface area contributed by atoms with Gasteiger partial charge in [-0.2, -0.15) is 5.10 Å². The average Bonchev–Trinajstić information content (AvgIpc) is 2.66. The van der Waals surface area contributed by atoms with Gasteiger partial charge in [-0.05, 0) is 31.4 Å². The molecule has 20 heavy (non-hydrogen) atoms. The Labute approximate surface area is 119 Å². The summed E-state index contributed by atoms with van der Waals surface area (Å²) in [6.07, 6.45) is 1.12. The molecule has 0 saturated carbocycles. The minimum Gasteiger partial charge on any atom is -0.481 e. The Morgan fingerprint density at radius 1 is 1.25 bits per heavy atom. The number of hydrogen-bond donors (Lipinski definition) is 1. The first-order valence-corrected chi connectivity index (χ1v) is 6.88. The SMILES string of the molecule is CCCn1nc(C)c(-c2ccc(CC(=O)O)cc2)c1C. The molecule has 1 aromatic carbocycles. The van der Waals surface area contributed by atoms with Gasteiger partial charge in [0.25, 0.3) is 0 Å². The van der Waals surface area contributed by atoms with E-state index in [4.69, 9.17) is 5.11 Å². The molecule has 0 saturated heterocycles. The van der Waals surface area contributed by atoms with Crippen molar-refractivity contribution < 1.29 is 9.90 Å². The highest BCUT2D eigenvalue weighted by atomic mass is 16.4. The van der Waals surface area contributed by atoms with Crippen LogP contribution in [0.25, 0.3) is 11.1 Å². The van der Waals surface area contributed by atoms with Gasteiger partial charge >= 0.3 is 5.97 Å². The van der Waals surface area contributed by atoms with E-state index in [0.29, 0.717) is 0 Å². The minimum absolute atomic E-state index is 0.0628. The van der Waals surface area contributed by atoms with Crippen LogP contribution in [0.2, 0.25) is 0 Å². The van der Waals surface area contributed by atoms with E-state index in [0.717, 1.165) is 41.0 Å². The third kappa shape index (κ3) is 2.90. The summed E-state index contributed by atoms with van der Waals surface area (Å²) in [6.45, 7) is 7.15. The molecule has 0 aliphatic rings. The topological polar surface area (TPSA) is 55.1 Å². The molecule has 1 aromatic heterocycles. The molecule has 0 aliphatic carbocycles. The number of rotatable bonds is 5. The second kappa shape index (κ2) is 5.90. The number of hydrogen-bond acceptors (Lipinski definition) is 2. The summed E-state index contributed by atoms with van der Waals surface area (Å²) in [5.74, 6) is -0.805. The Balaban J connectivity index is 2.34. The molecule has 1 heterocycles. The second-order valence-electron chi connectivity index (χ2n) is 5.04. The van der Waals surface area contributed by atoms with Crippen molar-refractivity contribution in [3.63, 3.8) is 0 Å². The zero-order chi connectivity index (χ0) is 14.7. The summed E-state index contributed by atoms with van der Waals surface area (Å²) in [5, 5.41) is 13.4. The third-order valence-corrected chi connectivity index (χ3v) is 3.41. The van der Waals surface area contributed by atoms with Gasteiger partial charge in [-0.15, -0.1) is 0 Å². The fourth-order valence-electron chi connectivity index (χ4n) is 2.51. The van der Waals surface area contributed by atoms with Crippen LogP contribution in [-0.2, 0) is 17.8 Å². The summed E-state index contributed by atoms with van der Waals surface area (Å²) in [5.41, 5.74) is 5.24. The van der Waals surface area contributed by atoms with Gasteiger partial charge in [0.05, 0.1) is 12.1 Å². The molecule has 0 spiro atoms. The molecule has 0 amide bonds. The van der Waals surface area contributed by atoms with Crippen LogP contribution in [0, 0.1) is 13.8 Å². The molecule has 0 aliphatic heterocycles. The Morgan fingerprint density at radius 3 is 2.45 bits per heavy atom. The van der Waals surface area contributed by atoms with E-state index in [1.165, 1.54) is 0 Å². The van der Waals surface area contributed by atoms with E-state index in [1.807, 2.05) is 35.9 Å².